The molecule has 4 rings (SSSR count). The van der Waals surface area contributed by atoms with Gasteiger partial charge in [-0.2, -0.15) is 13.2 Å². The second-order valence-electron chi connectivity index (χ2n) is 9.16. The third-order valence-corrected chi connectivity index (χ3v) is 6.69. The fourth-order valence-corrected chi connectivity index (χ4v) is 4.55. The second-order valence-corrected chi connectivity index (χ2v) is 9.16. The maximum atomic E-state index is 13.6. The lowest BCUT2D eigenvalue weighted by molar-refractivity contribution is -0.187. The SMILES string of the molecule is CNC(=O)Nc1ccc2c(c1)C(=O)C[C@]21NC(=O)N(CC(=O)N(Cc2ccc(F)cc2)[C@@H](C)C(F)(F)F)C1=O. The number of ketones is 1. The van der Waals surface area contributed by atoms with Crippen molar-refractivity contribution in [3.8, 4) is 0 Å². The Bertz CT molecular complexity index is 1360. The van der Waals surface area contributed by atoms with Crippen LogP contribution in [0.3, 0.4) is 0 Å². The van der Waals surface area contributed by atoms with Gasteiger partial charge in [0, 0.05) is 31.3 Å². The number of rotatable bonds is 6. The van der Waals surface area contributed by atoms with Gasteiger partial charge < -0.3 is 20.9 Å². The Kier molecular flexibility index (Phi) is 7.06. The quantitative estimate of drug-likeness (QED) is 0.377. The van der Waals surface area contributed by atoms with Crippen molar-refractivity contribution < 1.29 is 41.5 Å². The van der Waals surface area contributed by atoms with Crippen LogP contribution in [0.15, 0.2) is 42.5 Å². The monoisotopic (exact) mass is 549 g/mol. The molecular weight excluding hydrogens is 526 g/mol. The first-order valence-electron chi connectivity index (χ1n) is 11.7. The van der Waals surface area contributed by atoms with Crippen LogP contribution < -0.4 is 16.0 Å². The molecule has 2 atom stereocenters. The van der Waals surface area contributed by atoms with Crippen molar-refractivity contribution in [2.75, 3.05) is 18.9 Å². The highest BCUT2D eigenvalue weighted by Gasteiger charge is 2.58. The third kappa shape index (κ3) is 5.13. The predicted molar refractivity (Wildman–Crippen MR) is 128 cm³/mol. The molecule has 0 radical (unpaired) electrons. The van der Waals surface area contributed by atoms with Crippen LogP contribution in [-0.4, -0.2) is 65.3 Å². The minimum atomic E-state index is -4.83. The number of benzene rings is 2. The Morgan fingerprint density at radius 3 is 2.41 bits per heavy atom. The topological polar surface area (TPSA) is 128 Å². The van der Waals surface area contributed by atoms with E-state index in [1.54, 1.807) is 0 Å². The first kappa shape index (κ1) is 27.5. The fraction of sp³-hybridized carbons (Fsp3) is 0.320. The summed E-state index contributed by atoms with van der Waals surface area (Å²) < 4.78 is 54.1. The molecule has 14 heteroatoms. The number of amides is 6. The van der Waals surface area contributed by atoms with Gasteiger partial charge in [0.1, 0.15) is 18.4 Å². The number of halogens is 4. The van der Waals surface area contributed by atoms with Crippen LogP contribution >= 0.6 is 0 Å². The molecule has 0 saturated carbocycles. The van der Waals surface area contributed by atoms with E-state index in [1.807, 2.05) is 0 Å². The number of hydrogen-bond acceptors (Lipinski definition) is 5. The predicted octanol–water partition coefficient (Wildman–Crippen LogP) is 2.89. The van der Waals surface area contributed by atoms with Crippen molar-refractivity contribution in [1.82, 2.24) is 20.4 Å². The van der Waals surface area contributed by atoms with Crippen LogP contribution in [0.25, 0.3) is 0 Å². The van der Waals surface area contributed by atoms with Gasteiger partial charge in [-0.1, -0.05) is 18.2 Å². The van der Waals surface area contributed by atoms with E-state index >= 15 is 0 Å². The summed E-state index contributed by atoms with van der Waals surface area (Å²) in [5.74, 6) is -3.29. The van der Waals surface area contributed by atoms with Crippen molar-refractivity contribution in [3.63, 3.8) is 0 Å². The normalized spacial score (nSPS) is 19.1. The van der Waals surface area contributed by atoms with Crippen LogP contribution in [0.2, 0.25) is 0 Å². The molecular formula is C25H23F4N5O5. The smallest absolute Gasteiger partial charge is 0.341 e. The molecule has 1 aliphatic heterocycles. The maximum absolute atomic E-state index is 13.6. The number of carbonyl (C=O) groups excluding carboxylic acids is 5. The van der Waals surface area contributed by atoms with Gasteiger partial charge in [-0.15, -0.1) is 0 Å². The number of alkyl halides is 3. The minimum Gasteiger partial charge on any atom is -0.341 e. The summed E-state index contributed by atoms with van der Waals surface area (Å²) in [6.45, 7) is -0.823. The van der Waals surface area contributed by atoms with Gasteiger partial charge in [0.05, 0.1) is 0 Å². The Hall–Kier alpha value is -4.49. The summed E-state index contributed by atoms with van der Waals surface area (Å²) in [6, 6.07) is 4.73. The third-order valence-electron chi connectivity index (χ3n) is 6.69. The number of Topliss-reactive ketones (excluding diaryl/α,β-unsaturated/α-hetero) is 1. The van der Waals surface area contributed by atoms with Gasteiger partial charge >= 0.3 is 18.2 Å². The lowest BCUT2D eigenvalue weighted by atomic mass is 9.91. The molecule has 3 N–H and O–H groups in total. The van der Waals surface area contributed by atoms with Crippen LogP contribution in [0.5, 0.6) is 0 Å². The molecule has 0 unspecified atom stereocenters. The molecule has 39 heavy (non-hydrogen) atoms. The number of fused-ring (bicyclic) bond motifs is 2. The summed E-state index contributed by atoms with van der Waals surface area (Å²) in [5.41, 5.74) is -1.19. The van der Waals surface area contributed by atoms with Crippen LogP contribution in [0, 0.1) is 5.82 Å². The lowest BCUT2D eigenvalue weighted by Crippen LogP contribution is -2.51. The van der Waals surface area contributed by atoms with E-state index in [2.05, 4.69) is 16.0 Å². The number of hydrogen-bond donors (Lipinski definition) is 3. The van der Waals surface area contributed by atoms with Gasteiger partial charge in [-0.25, -0.2) is 14.0 Å². The van der Waals surface area contributed by atoms with Crippen LogP contribution in [0.1, 0.15) is 34.8 Å². The highest BCUT2D eigenvalue weighted by Crippen LogP contribution is 2.42. The average Bonchev–Trinajstić information content (AvgIpc) is 3.29. The summed E-state index contributed by atoms with van der Waals surface area (Å²) in [7, 11) is 1.39. The average molecular weight is 549 g/mol. The fourth-order valence-electron chi connectivity index (χ4n) is 4.55. The summed E-state index contributed by atoms with van der Waals surface area (Å²) >= 11 is 0. The van der Waals surface area contributed by atoms with E-state index in [0.29, 0.717) is 9.80 Å². The van der Waals surface area contributed by atoms with E-state index in [9.17, 15) is 41.5 Å². The highest BCUT2D eigenvalue weighted by molar-refractivity contribution is 6.17. The molecule has 0 bridgehead atoms. The van der Waals surface area contributed by atoms with Crippen molar-refractivity contribution >= 4 is 35.3 Å². The zero-order chi connectivity index (χ0) is 28.7. The van der Waals surface area contributed by atoms with Crippen molar-refractivity contribution in [1.29, 1.82) is 0 Å². The number of urea groups is 2. The first-order chi connectivity index (χ1) is 18.3. The Morgan fingerprint density at radius 2 is 1.79 bits per heavy atom. The molecule has 1 saturated heterocycles. The number of anilines is 1. The number of carbonyl (C=O) groups is 5. The van der Waals surface area contributed by atoms with E-state index in [1.165, 1.54) is 37.4 Å². The van der Waals surface area contributed by atoms with Gasteiger partial charge in [0.15, 0.2) is 11.3 Å². The van der Waals surface area contributed by atoms with Crippen molar-refractivity contribution in [2.45, 2.75) is 37.6 Å². The van der Waals surface area contributed by atoms with Gasteiger partial charge in [-0.3, -0.25) is 19.3 Å². The molecule has 2 aliphatic rings. The Labute approximate surface area is 219 Å². The maximum Gasteiger partial charge on any atom is 0.408 e. The molecule has 1 heterocycles. The molecule has 2 aromatic rings. The molecule has 10 nitrogen and oxygen atoms in total. The van der Waals surface area contributed by atoms with Crippen LogP contribution in [-0.2, 0) is 21.7 Å². The molecule has 0 aromatic heterocycles. The highest BCUT2D eigenvalue weighted by atomic mass is 19.4. The van der Waals surface area contributed by atoms with E-state index in [0.717, 1.165) is 19.1 Å². The summed E-state index contributed by atoms with van der Waals surface area (Å²) in [6.07, 6.45) is -5.30. The Balaban J connectivity index is 1.59. The molecule has 6 amide bonds. The molecule has 1 aliphatic carbocycles. The van der Waals surface area contributed by atoms with E-state index < -0.39 is 72.7 Å². The molecule has 206 valence electrons. The standard InChI is InChI=1S/C25H23F4N5O5/c1-13(25(27,28)29)33(11-14-3-5-15(26)6-4-14)20(36)12-34-21(37)24(32-23(34)39)10-19(35)17-9-16(7-8-18(17)24)31-22(38)30-2/h3-9,13H,10-12H2,1-2H3,(H,32,39)(H2,30,31,38)/t13-,24-/m0/s1. The second kappa shape index (κ2) is 10.0. The Morgan fingerprint density at radius 1 is 1.13 bits per heavy atom. The zero-order valence-corrected chi connectivity index (χ0v) is 20.7. The number of nitrogens with one attached hydrogen (secondary N) is 3. The molecule has 2 aromatic carbocycles. The minimum absolute atomic E-state index is 0.0642. The molecule has 1 fully saturated rings. The van der Waals surface area contributed by atoms with E-state index in [-0.39, 0.29) is 22.4 Å². The summed E-state index contributed by atoms with van der Waals surface area (Å²) in [5, 5.41) is 7.26. The summed E-state index contributed by atoms with van der Waals surface area (Å²) in [4.78, 5) is 64.7. The van der Waals surface area contributed by atoms with Gasteiger partial charge in [0.25, 0.3) is 5.91 Å². The van der Waals surface area contributed by atoms with Crippen molar-refractivity contribution in [2.24, 2.45) is 0 Å². The van der Waals surface area contributed by atoms with E-state index in [4.69, 9.17) is 0 Å². The van der Waals surface area contributed by atoms with Gasteiger partial charge in [0.2, 0.25) is 5.91 Å². The number of imide groups is 1. The van der Waals surface area contributed by atoms with Gasteiger partial charge in [-0.05, 0) is 42.3 Å². The molecule has 1 spiro atoms. The largest absolute Gasteiger partial charge is 0.408 e. The van der Waals surface area contributed by atoms with Crippen LogP contribution in [0.4, 0.5) is 32.8 Å². The van der Waals surface area contributed by atoms with Crippen molar-refractivity contribution in [3.05, 3.63) is 65.0 Å². The lowest BCUT2D eigenvalue weighted by Gasteiger charge is -2.32. The zero-order valence-electron chi connectivity index (χ0n) is 20.7. The number of nitrogens with zero attached hydrogens (tertiary/aromatic N) is 2. The first-order valence-corrected chi connectivity index (χ1v) is 11.7.